The predicted octanol–water partition coefficient (Wildman–Crippen LogP) is 1.79. The molecule has 1 fully saturated rings. The second-order valence-electron chi connectivity index (χ2n) is 5.69. The molecule has 0 bridgehead atoms. The molecule has 132 valence electrons. The van der Waals surface area contributed by atoms with Gasteiger partial charge in [-0.05, 0) is 30.3 Å². The summed E-state index contributed by atoms with van der Waals surface area (Å²) in [6.07, 6.45) is 3.41. The van der Waals surface area contributed by atoms with Gasteiger partial charge in [0.1, 0.15) is 11.9 Å². The molecule has 1 N–H and O–H groups in total. The van der Waals surface area contributed by atoms with Crippen molar-refractivity contribution in [3.05, 3.63) is 54.7 Å². The van der Waals surface area contributed by atoms with Crippen LogP contribution in [0.25, 0.3) is 16.9 Å². The Bertz CT molecular complexity index is 930. The standard InChI is InChI=1S/C17H14FN5O3/c18-15-7-12(22-9-13(10-24)26-17(22)25)2-3-14(15)11-1-4-16(19-8-11)23-20-5-6-21-23/h1-8,13,24H,9-10H2/t13-/m1/s1. The Morgan fingerprint density at radius 3 is 2.65 bits per heavy atom. The smallest absolute Gasteiger partial charge is 0.414 e. The van der Waals surface area contributed by atoms with Crippen LogP contribution in [0.1, 0.15) is 0 Å². The van der Waals surface area contributed by atoms with Crippen molar-refractivity contribution < 1.29 is 19.0 Å². The molecule has 1 atom stereocenters. The molecule has 0 unspecified atom stereocenters. The molecule has 2 aromatic heterocycles. The average Bonchev–Trinajstić information content (AvgIpc) is 3.31. The van der Waals surface area contributed by atoms with E-state index in [9.17, 15) is 9.18 Å². The Morgan fingerprint density at radius 2 is 2.04 bits per heavy atom. The Balaban J connectivity index is 1.59. The van der Waals surface area contributed by atoms with Crippen LogP contribution in [0.15, 0.2) is 48.9 Å². The largest absolute Gasteiger partial charge is 0.441 e. The highest BCUT2D eigenvalue weighted by atomic mass is 19.1. The molecular weight excluding hydrogens is 341 g/mol. The van der Waals surface area contributed by atoms with E-state index in [4.69, 9.17) is 9.84 Å². The van der Waals surface area contributed by atoms with E-state index in [-0.39, 0.29) is 13.2 Å². The molecule has 26 heavy (non-hydrogen) atoms. The van der Waals surface area contributed by atoms with Crippen molar-refractivity contribution in [3.8, 4) is 16.9 Å². The Hall–Kier alpha value is -3.33. The van der Waals surface area contributed by atoms with E-state index in [0.717, 1.165) is 0 Å². The fourth-order valence-electron chi connectivity index (χ4n) is 2.73. The number of benzene rings is 1. The minimum absolute atomic E-state index is 0.182. The van der Waals surface area contributed by atoms with Crippen LogP contribution in [0.5, 0.6) is 0 Å². The van der Waals surface area contributed by atoms with Gasteiger partial charge in [0.05, 0.1) is 31.2 Å². The van der Waals surface area contributed by atoms with E-state index in [2.05, 4.69) is 15.2 Å². The number of carbonyl (C=O) groups is 1. The fourth-order valence-corrected chi connectivity index (χ4v) is 2.73. The van der Waals surface area contributed by atoms with E-state index >= 15 is 0 Å². The van der Waals surface area contributed by atoms with Gasteiger partial charge in [-0.15, -0.1) is 4.80 Å². The number of aliphatic hydroxyl groups is 1. The number of rotatable bonds is 4. The molecule has 1 aliphatic rings. The minimum atomic E-state index is -0.603. The number of carbonyl (C=O) groups excluding carboxylic acids is 1. The van der Waals surface area contributed by atoms with Crippen molar-refractivity contribution in [2.24, 2.45) is 0 Å². The highest BCUT2D eigenvalue weighted by Crippen LogP contribution is 2.29. The minimum Gasteiger partial charge on any atom is -0.441 e. The number of halogens is 1. The molecule has 1 amide bonds. The molecule has 0 radical (unpaired) electrons. The van der Waals surface area contributed by atoms with E-state index < -0.39 is 18.0 Å². The van der Waals surface area contributed by atoms with Crippen LogP contribution in [-0.2, 0) is 4.74 Å². The van der Waals surface area contributed by atoms with Crippen LogP contribution in [-0.4, -0.2) is 50.4 Å². The molecule has 9 heteroatoms. The van der Waals surface area contributed by atoms with Crippen LogP contribution in [0.4, 0.5) is 14.9 Å². The Morgan fingerprint density at radius 1 is 1.23 bits per heavy atom. The number of hydrogen-bond acceptors (Lipinski definition) is 6. The van der Waals surface area contributed by atoms with Gasteiger partial charge in [0, 0.05) is 17.3 Å². The van der Waals surface area contributed by atoms with Gasteiger partial charge < -0.3 is 9.84 Å². The lowest BCUT2D eigenvalue weighted by Crippen LogP contribution is -2.25. The van der Waals surface area contributed by atoms with Gasteiger partial charge >= 0.3 is 6.09 Å². The van der Waals surface area contributed by atoms with Gasteiger partial charge in [-0.2, -0.15) is 10.2 Å². The van der Waals surface area contributed by atoms with Crippen LogP contribution in [0, 0.1) is 5.82 Å². The average molecular weight is 355 g/mol. The number of pyridine rings is 1. The number of amides is 1. The quantitative estimate of drug-likeness (QED) is 0.767. The van der Waals surface area contributed by atoms with Crippen molar-refractivity contribution in [1.29, 1.82) is 0 Å². The third-order valence-corrected chi connectivity index (χ3v) is 4.02. The molecule has 0 aliphatic carbocycles. The molecule has 8 nitrogen and oxygen atoms in total. The van der Waals surface area contributed by atoms with Gasteiger partial charge in [-0.3, -0.25) is 4.90 Å². The first kappa shape index (κ1) is 16.2. The van der Waals surface area contributed by atoms with Crippen LogP contribution in [0.3, 0.4) is 0 Å². The molecule has 0 saturated carbocycles. The third kappa shape index (κ3) is 2.88. The molecule has 3 heterocycles. The summed E-state index contributed by atoms with van der Waals surface area (Å²) in [5, 5.41) is 17.1. The molecule has 1 saturated heterocycles. The molecular formula is C17H14FN5O3. The second kappa shape index (κ2) is 6.52. The summed E-state index contributed by atoms with van der Waals surface area (Å²) in [7, 11) is 0. The van der Waals surface area contributed by atoms with Gasteiger partial charge in [-0.1, -0.05) is 0 Å². The van der Waals surface area contributed by atoms with Crippen molar-refractivity contribution in [2.45, 2.75) is 6.10 Å². The maximum absolute atomic E-state index is 14.6. The Kier molecular flexibility index (Phi) is 4.05. The number of aliphatic hydroxyl groups excluding tert-OH is 1. The number of aromatic nitrogens is 4. The molecule has 1 aromatic carbocycles. The summed E-state index contributed by atoms with van der Waals surface area (Å²) in [6.45, 7) is -0.0901. The number of cyclic esters (lactones) is 1. The third-order valence-electron chi connectivity index (χ3n) is 4.02. The summed E-state index contributed by atoms with van der Waals surface area (Å²) in [5.74, 6) is 0.0279. The molecule has 3 aromatic rings. The maximum atomic E-state index is 14.6. The lowest BCUT2D eigenvalue weighted by atomic mass is 10.1. The summed E-state index contributed by atoms with van der Waals surface area (Å²) in [6, 6.07) is 7.87. The number of anilines is 1. The zero-order valence-corrected chi connectivity index (χ0v) is 13.5. The topological polar surface area (TPSA) is 93.4 Å². The van der Waals surface area contributed by atoms with Gasteiger partial charge in [0.2, 0.25) is 0 Å². The van der Waals surface area contributed by atoms with E-state index in [0.29, 0.717) is 22.6 Å². The van der Waals surface area contributed by atoms with Gasteiger partial charge in [0.15, 0.2) is 5.82 Å². The molecule has 4 rings (SSSR count). The first-order valence-electron chi connectivity index (χ1n) is 7.87. The zero-order valence-electron chi connectivity index (χ0n) is 13.5. The van der Waals surface area contributed by atoms with Gasteiger partial charge in [0.25, 0.3) is 0 Å². The molecule has 0 spiro atoms. The number of nitrogens with zero attached hydrogens (tertiary/aromatic N) is 5. The van der Waals surface area contributed by atoms with E-state index in [1.807, 2.05) is 0 Å². The van der Waals surface area contributed by atoms with Crippen molar-refractivity contribution >= 4 is 11.8 Å². The first-order valence-corrected chi connectivity index (χ1v) is 7.87. The number of hydrogen-bond donors (Lipinski definition) is 1. The monoisotopic (exact) mass is 355 g/mol. The van der Waals surface area contributed by atoms with Crippen LogP contribution < -0.4 is 4.90 Å². The molecule has 1 aliphatic heterocycles. The van der Waals surface area contributed by atoms with Crippen molar-refractivity contribution in [2.75, 3.05) is 18.1 Å². The van der Waals surface area contributed by atoms with Gasteiger partial charge in [-0.25, -0.2) is 14.2 Å². The first-order chi connectivity index (χ1) is 12.7. The maximum Gasteiger partial charge on any atom is 0.414 e. The normalized spacial score (nSPS) is 16.8. The van der Waals surface area contributed by atoms with E-state index in [1.165, 1.54) is 22.0 Å². The van der Waals surface area contributed by atoms with Crippen LogP contribution >= 0.6 is 0 Å². The fraction of sp³-hybridized carbons (Fsp3) is 0.176. The highest BCUT2D eigenvalue weighted by molar-refractivity contribution is 5.90. The van der Waals surface area contributed by atoms with Crippen LogP contribution in [0.2, 0.25) is 0 Å². The van der Waals surface area contributed by atoms with E-state index in [1.54, 1.807) is 36.7 Å². The summed E-state index contributed by atoms with van der Waals surface area (Å²) >= 11 is 0. The van der Waals surface area contributed by atoms with Crippen molar-refractivity contribution in [1.82, 2.24) is 20.0 Å². The second-order valence-corrected chi connectivity index (χ2v) is 5.69. The van der Waals surface area contributed by atoms with Crippen molar-refractivity contribution in [3.63, 3.8) is 0 Å². The summed E-state index contributed by atoms with van der Waals surface area (Å²) in [4.78, 5) is 18.7. The predicted molar refractivity (Wildman–Crippen MR) is 89.2 cm³/mol. The number of ether oxygens (including phenoxy) is 1. The summed E-state index contributed by atoms with van der Waals surface area (Å²) < 4.78 is 19.6. The lowest BCUT2D eigenvalue weighted by Gasteiger charge is -2.14. The summed E-state index contributed by atoms with van der Waals surface area (Å²) in [5.41, 5.74) is 1.31. The SMILES string of the molecule is O=C1O[C@@H](CO)CN1c1ccc(-c2ccc(-n3nccn3)nc2)c(F)c1. The highest BCUT2D eigenvalue weighted by Gasteiger charge is 2.32. The lowest BCUT2D eigenvalue weighted by molar-refractivity contribution is 0.0963. The zero-order chi connectivity index (χ0) is 18.1. The Labute approximate surface area is 147 Å².